The van der Waals surface area contributed by atoms with E-state index in [0.717, 1.165) is 18.8 Å². The van der Waals surface area contributed by atoms with Crippen molar-refractivity contribution in [3.05, 3.63) is 64.7 Å². The van der Waals surface area contributed by atoms with Crippen LogP contribution in [0.3, 0.4) is 0 Å². The Kier molecular flexibility index (Phi) is 3.43. The molecule has 0 saturated carbocycles. The number of anilines is 1. The molecule has 4 nitrogen and oxygen atoms in total. The molecule has 0 bridgehead atoms. The van der Waals surface area contributed by atoms with Crippen LogP contribution in [-0.2, 0) is 13.1 Å². The second-order valence-electron chi connectivity index (χ2n) is 5.30. The summed E-state index contributed by atoms with van der Waals surface area (Å²) in [6.07, 6.45) is 0. The Bertz CT molecular complexity index is 729. The van der Waals surface area contributed by atoms with Gasteiger partial charge in [-0.25, -0.2) is 0 Å². The molecule has 4 heteroatoms. The Labute approximate surface area is 123 Å². The van der Waals surface area contributed by atoms with E-state index < -0.39 is 0 Å². The Balaban J connectivity index is 1.76. The Hall–Kier alpha value is -2.64. The van der Waals surface area contributed by atoms with Crippen LogP contribution in [0.5, 0.6) is 0 Å². The van der Waals surface area contributed by atoms with Gasteiger partial charge in [0, 0.05) is 24.3 Å². The van der Waals surface area contributed by atoms with Crippen LogP contribution < -0.4 is 5.32 Å². The standard InChI is InChI=1S/C17H15N3O/c1-20-10-14-6-7-16(8-15(14)11-20)19-17(21)13-4-2-12(9-18)3-5-13/h2-8H,10-11H2,1H3,(H,19,21). The van der Waals surface area contributed by atoms with Gasteiger partial charge < -0.3 is 5.32 Å². The van der Waals surface area contributed by atoms with Gasteiger partial charge in [0.05, 0.1) is 11.6 Å². The van der Waals surface area contributed by atoms with Gasteiger partial charge >= 0.3 is 0 Å². The molecule has 0 saturated heterocycles. The summed E-state index contributed by atoms with van der Waals surface area (Å²) in [6.45, 7) is 1.87. The van der Waals surface area contributed by atoms with Gasteiger partial charge in [-0.3, -0.25) is 9.69 Å². The SMILES string of the molecule is CN1Cc2ccc(NC(=O)c3ccc(C#N)cc3)cc2C1. The average molecular weight is 277 g/mol. The van der Waals surface area contributed by atoms with E-state index in [1.54, 1.807) is 24.3 Å². The molecule has 0 aromatic heterocycles. The van der Waals surface area contributed by atoms with Gasteiger partial charge in [0.15, 0.2) is 0 Å². The summed E-state index contributed by atoms with van der Waals surface area (Å²) < 4.78 is 0. The fraction of sp³-hybridized carbons (Fsp3) is 0.176. The smallest absolute Gasteiger partial charge is 0.255 e. The monoisotopic (exact) mass is 277 g/mol. The molecule has 0 unspecified atom stereocenters. The summed E-state index contributed by atoms with van der Waals surface area (Å²) >= 11 is 0. The van der Waals surface area contributed by atoms with E-state index in [1.807, 2.05) is 18.2 Å². The van der Waals surface area contributed by atoms with Gasteiger partial charge in [0.2, 0.25) is 0 Å². The van der Waals surface area contributed by atoms with Crippen molar-refractivity contribution in [2.24, 2.45) is 0 Å². The van der Waals surface area contributed by atoms with Gasteiger partial charge in [-0.1, -0.05) is 6.07 Å². The summed E-state index contributed by atoms with van der Waals surface area (Å²) in [5, 5.41) is 11.7. The molecule has 0 atom stereocenters. The lowest BCUT2D eigenvalue weighted by Gasteiger charge is -2.07. The number of nitriles is 1. The molecule has 21 heavy (non-hydrogen) atoms. The van der Waals surface area contributed by atoms with Crippen molar-refractivity contribution in [3.8, 4) is 6.07 Å². The van der Waals surface area contributed by atoms with Crippen molar-refractivity contribution < 1.29 is 4.79 Å². The van der Waals surface area contributed by atoms with Crippen LogP contribution in [0, 0.1) is 11.3 Å². The number of rotatable bonds is 2. The first-order chi connectivity index (χ1) is 10.2. The maximum atomic E-state index is 12.2. The summed E-state index contributed by atoms with van der Waals surface area (Å²) in [7, 11) is 2.08. The molecule has 3 rings (SSSR count). The van der Waals surface area contributed by atoms with Gasteiger partial charge in [-0.2, -0.15) is 5.26 Å². The van der Waals surface area contributed by atoms with Gasteiger partial charge in [-0.15, -0.1) is 0 Å². The number of amides is 1. The van der Waals surface area contributed by atoms with Crippen LogP contribution in [-0.4, -0.2) is 17.9 Å². The lowest BCUT2D eigenvalue weighted by molar-refractivity contribution is 0.102. The number of nitrogens with one attached hydrogen (secondary N) is 1. The third-order valence-electron chi connectivity index (χ3n) is 3.62. The van der Waals surface area contributed by atoms with Gasteiger partial charge in [-0.05, 0) is 54.6 Å². The van der Waals surface area contributed by atoms with Crippen molar-refractivity contribution in [1.82, 2.24) is 4.90 Å². The summed E-state index contributed by atoms with van der Waals surface area (Å²) in [5.74, 6) is -0.161. The number of carbonyl (C=O) groups excluding carboxylic acids is 1. The van der Waals surface area contributed by atoms with Crippen LogP contribution in [0.2, 0.25) is 0 Å². The molecule has 1 heterocycles. The number of fused-ring (bicyclic) bond motifs is 1. The number of hydrogen-bond donors (Lipinski definition) is 1. The van der Waals surface area contributed by atoms with E-state index in [-0.39, 0.29) is 5.91 Å². The second-order valence-corrected chi connectivity index (χ2v) is 5.30. The molecule has 104 valence electrons. The zero-order valence-electron chi connectivity index (χ0n) is 11.8. The fourth-order valence-corrected chi connectivity index (χ4v) is 2.54. The number of nitrogens with zero attached hydrogens (tertiary/aromatic N) is 2. The molecule has 2 aromatic carbocycles. The normalized spacial score (nSPS) is 13.5. The Morgan fingerprint density at radius 3 is 2.57 bits per heavy atom. The largest absolute Gasteiger partial charge is 0.322 e. The number of benzene rings is 2. The van der Waals surface area contributed by atoms with E-state index in [2.05, 4.69) is 23.3 Å². The Morgan fingerprint density at radius 1 is 1.14 bits per heavy atom. The minimum atomic E-state index is -0.161. The first-order valence-corrected chi connectivity index (χ1v) is 6.77. The predicted molar refractivity (Wildman–Crippen MR) is 80.7 cm³/mol. The van der Waals surface area contributed by atoms with Crippen molar-refractivity contribution in [1.29, 1.82) is 5.26 Å². The molecule has 0 aliphatic carbocycles. The van der Waals surface area contributed by atoms with Crippen LogP contribution in [0.4, 0.5) is 5.69 Å². The summed E-state index contributed by atoms with van der Waals surface area (Å²) in [4.78, 5) is 14.4. The average Bonchev–Trinajstić information content (AvgIpc) is 2.86. The van der Waals surface area contributed by atoms with Crippen molar-refractivity contribution in [3.63, 3.8) is 0 Å². The third-order valence-corrected chi connectivity index (χ3v) is 3.62. The molecule has 1 aliphatic heterocycles. The maximum Gasteiger partial charge on any atom is 0.255 e. The van der Waals surface area contributed by atoms with Crippen molar-refractivity contribution >= 4 is 11.6 Å². The topological polar surface area (TPSA) is 56.1 Å². The van der Waals surface area contributed by atoms with Crippen LogP contribution in [0.25, 0.3) is 0 Å². The first kappa shape index (κ1) is 13.3. The fourth-order valence-electron chi connectivity index (χ4n) is 2.54. The highest BCUT2D eigenvalue weighted by molar-refractivity contribution is 6.04. The molecule has 1 amide bonds. The van der Waals surface area contributed by atoms with E-state index in [1.165, 1.54) is 11.1 Å². The highest BCUT2D eigenvalue weighted by atomic mass is 16.1. The number of hydrogen-bond acceptors (Lipinski definition) is 3. The summed E-state index contributed by atoms with van der Waals surface area (Å²) in [5.41, 5.74) is 4.47. The van der Waals surface area contributed by atoms with Crippen molar-refractivity contribution in [2.45, 2.75) is 13.1 Å². The maximum absolute atomic E-state index is 12.2. The molecule has 0 spiro atoms. The summed E-state index contributed by atoms with van der Waals surface area (Å²) in [6, 6.07) is 14.7. The van der Waals surface area contributed by atoms with Crippen molar-refractivity contribution in [2.75, 3.05) is 12.4 Å². The zero-order chi connectivity index (χ0) is 14.8. The van der Waals surface area contributed by atoms with E-state index in [0.29, 0.717) is 11.1 Å². The molecule has 0 fully saturated rings. The molecular formula is C17H15N3O. The lowest BCUT2D eigenvalue weighted by Crippen LogP contribution is -2.12. The molecule has 0 radical (unpaired) electrons. The minimum absolute atomic E-state index is 0.161. The molecule has 2 aromatic rings. The molecule has 1 aliphatic rings. The van der Waals surface area contributed by atoms with Crippen LogP contribution in [0.1, 0.15) is 27.0 Å². The van der Waals surface area contributed by atoms with Gasteiger partial charge in [0.25, 0.3) is 5.91 Å². The second kappa shape index (κ2) is 5.39. The van der Waals surface area contributed by atoms with Gasteiger partial charge in [0.1, 0.15) is 0 Å². The molecule has 1 N–H and O–H groups in total. The van der Waals surface area contributed by atoms with Crippen LogP contribution in [0.15, 0.2) is 42.5 Å². The number of carbonyl (C=O) groups is 1. The Morgan fingerprint density at radius 2 is 1.86 bits per heavy atom. The third kappa shape index (κ3) is 2.78. The predicted octanol–water partition coefficient (Wildman–Crippen LogP) is 2.76. The van der Waals surface area contributed by atoms with E-state index in [4.69, 9.17) is 5.26 Å². The zero-order valence-corrected chi connectivity index (χ0v) is 11.8. The van der Waals surface area contributed by atoms with E-state index in [9.17, 15) is 4.79 Å². The highest BCUT2D eigenvalue weighted by Crippen LogP contribution is 2.24. The molecular weight excluding hydrogens is 262 g/mol. The first-order valence-electron chi connectivity index (χ1n) is 6.77. The minimum Gasteiger partial charge on any atom is -0.322 e. The van der Waals surface area contributed by atoms with Crippen LogP contribution >= 0.6 is 0 Å². The quantitative estimate of drug-likeness (QED) is 0.918. The highest BCUT2D eigenvalue weighted by Gasteiger charge is 2.16. The van der Waals surface area contributed by atoms with E-state index >= 15 is 0 Å². The lowest BCUT2D eigenvalue weighted by atomic mass is 10.1.